The molecule has 1 fully saturated rings. The fourth-order valence-corrected chi connectivity index (χ4v) is 1.76. The van der Waals surface area contributed by atoms with Crippen LogP contribution in [-0.2, 0) is 24.4 Å². The first-order valence-corrected chi connectivity index (χ1v) is 7.47. The zero-order valence-electron chi connectivity index (χ0n) is 11.0. The van der Waals surface area contributed by atoms with Crippen LogP contribution in [0.25, 0.3) is 0 Å². The van der Waals surface area contributed by atoms with Gasteiger partial charge in [-0.05, 0) is 17.7 Å². The SMILES string of the molecule is O=C(OCCOc1ccc(C2CO2)cc1)C(F)(F)S(=O)(=O)[O-]. The van der Waals surface area contributed by atoms with E-state index in [1.807, 2.05) is 0 Å². The van der Waals surface area contributed by atoms with Crippen LogP contribution < -0.4 is 4.74 Å². The first kappa shape index (κ1) is 16.6. The number of esters is 1. The van der Waals surface area contributed by atoms with Crippen molar-refractivity contribution in [2.24, 2.45) is 0 Å². The Hall–Kier alpha value is -1.78. The molecule has 1 aromatic rings. The number of carbonyl (C=O) groups excluding carboxylic acids is 1. The standard InChI is InChI=1S/C12H12F2O7S/c13-12(14,22(16,17)18)11(15)20-6-5-19-9-3-1-8(2-4-9)10-7-21-10/h1-4,10H,5-7H2,(H,16,17,18)/p-1. The van der Waals surface area contributed by atoms with Crippen molar-refractivity contribution in [1.29, 1.82) is 0 Å². The van der Waals surface area contributed by atoms with Gasteiger partial charge in [-0.3, -0.25) is 0 Å². The number of ether oxygens (including phenoxy) is 3. The summed E-state index contributed by atoms with van der Waals surface area (Å²) in [5.74, 6) is -2.02. The smallest absolute Gasteiger partial charge is 0.428 e. The van der Waals surface area contributed by atoms with Crippen molar-refractivity contribution < 1.29 is 40.8 Å². The predicted octanol–water partition coefficient (Wildman–Crippen LogP) is 0.818. The number of hydrogen-bond acceptors (Lipinski definition) is 7. The monoisotopic (exact) mass is 337 g/mol. The molecule has 1 heterocycles. The number of carbonyl (C=O) groups is 1. The summed E-state index contributed by atoms with van der Waals surface area (Å²) >= 11 is 0. The van der Waals surface area contributed by atoms with Gasteiger partial charge in [-0.2, -0.15) is 8.78 Å². The molecule has 1 atom stereocenters. The number of hydrogen-bond donors (Lipinski definition) is 0. The molecular weight excluding hydrogens is 326 g/mol. The van der Waals surface area contributed by atoms with Crippen LogP contribution in [0.3, 0.4) is 0 Å². The van der Waals surface area contributed by atoms with Crippen LogP contribution in [0, 0.1) is 0 Å². The molecule has 1 saturated heterocycles. The molecule has 0 amide bonds. The number of halogens is 2. The fourth-order valence-electron chi connectivity index (χ4n) is 1.50. The van der Waals surface area contributed by atoms with E-state index in [2.05, 4.69) is 4.74 Å². The Bertz CT molecular complexity index is 638. The van der Waals surface area contributed by atoms with Crippen molar-refractivity contribution in [3.05, 3.63) is 29.8 Å². The minimum Gasteiger partial charge on any atom is -0.743 e. The van der Waals surface area contributed by atoms with Gasteiger partial charge in [-0.25, -0.2) is 13.2 Å². The van der Waals surface area contributed by atoms with Gasteiger partial charge in [-0.15, -0.1) is 0 Å². The Balaban J connectivity index is 1.76. The van der Waals surface area contributed by atoms with Crippen LogP contribution in [0.4, 0.5) is 8.78 Å². The molecule has 0 spiro atoms. The lowest BCUT2D eigenvalue weighted by atomic mass is 10.2. The summed E-state index contributed by atoms with van der Waals surface area (Å²) in [7, 11) is -6.11. The molecule has 0 N–H and O–H groups in total. The van der Waals surface area contributed by atoms with E-state index < -0.39 is 27.9 Å². The predicted molar refractivity (Wildman–Crippen MR) is 66.2 cm³/mol. The molecule has 1 aliphatic heterocycles. The summed E-state index contributed by atoms with van der Waals surface area (Å²) in [6.45, 7) is -0.246. The van der Waals surface area contributed by atoms with Crippen LogP contribution in [0.1, 0.15) is 11.7 Å². The zero-order chi connectivity index (χ0) is 16.4. The van der Waals surface area contributed by atoms with Gasteiger partial charge in [0.25, 0.3) is 0 Å². The van der Waals surface area contributed by atoms with Gasteiger partial charge >= 0.3 is 11.2 Å². The van der Waals surface area contributed by atoms with E-state index in [1.165, 1.54) is 0 Å². The Morgan fingerprint density at radius 1 is 1.32 bits per heavy atom. The Morgan fingerprint density at radius 2 is 1.91 bits per heavy atom. The van der Waals surface area contributed by atoms with E-state index in [0.717, 1.165) is 5.56 Å². The van der Waals surface area contributed by atoms with Crippen LogP contribution >= 0.6 is 0 Å². The third kappa shape index (κ3) is 3.90. The number of rotatable bonds is 7. The number of benzene rings is 1. The van der Waals surface area contributed by atoms with E-state index in [4.69, 9.17) is 9.47 Å². The first-order valence-electron chi connectivity index (χ1n) is 6.06. The van der Waals surface area contributed by atoms with E-state index >= 15 is 0 Å². The molecule has 1 aliphatic rings. The average molecular weight is 337 g/mol. The Labute approximate surface area is 124 Å². The lowest BCUT2D eigenvalue weighted by Gasteiger charge is -2.18. The normalized spacial score (nSPS) is 17.9. The summed E-state index contributed by atoms with van der Waals surface area (Å²) in [4.78, 5) is 10.8. The van der Waals surface area contributed by atoms with Gasteiger partial charge in [-0.1, -0.05) is 12.1 Å². The highest BCUT2D eigenvalue weighted by molar-refractivity contribution is 7.87. The van der Waals surface area contributed by atoms with Crippen LogP contribution in [-0.4, -0.2) is 44.0 Å². The molecule has 1 aromatic carbocycles. The van der Waals surface area contributed by atoms with Gasteiger partial charge in [0, 0.05) is 0 Å². The van der Waals surface area contributed by atoms with Gasteiger partial charge in [0.1, 0.15) is 25.1 Å². The Kier molecular flexibility index (Phi) is 4.63. The zero-order valence-corrected chi connectivity index (χ0v) is 11.8. The molecule has 0 saturated carbocycles. The van der Waals surface area contributed by atoms with Crippen LogP contribution in [0.15, 0.2) is 24.3 Å². The van der Waals surface area contributed by atoms with Gasteiger partial charge in [0.2, 0.25) is 0 Å². The van der Waals surface area contributed by atoms with Gasteiger partial charge in [0.05, 0.1) is 6.61 Å². The molecule has 0 aromatic heterocycles. The van der Waals surface area contributed by atoms with E-state index in [1.54, 1.807) is 24.3 Å². The maximum absolute atomic E-state index is 12.8. The second-order valence-electron chi connectivity index (χ2n) is 4.35. The van der Waals surface area contributed by atoms with Crippen molar-refractivity contribution in [3.63, 3.8) is 0 Å². The maximum Gasteiger partial charge on any atom is 0.428 e. The highest BCUT2D eigenvalue weighted by Crippen LogP contribution is 2.30. The quantitative estimate of drug-likeness (QED) is 0.314. The molecule has 0 aliphatic carbocycles. The molecule has 122 valence electrons. The van der Waals surface area contributed by atoms with Crippen molar-refractivity contribution in [3.8, 4) is 5.75 Å². The third-order valence-corrected chi connectivity index (χ3v) is 3.52. The molecule has 1 unspecified atom stereocenters. The number of epoxide rings is 1. The second-order valence-corrected chi connectivity index (χ2v) is 5.77. The minimum atomic E-state index is -6.11. The van der Waals surface area contributed by atoms with Crippen molar-refractivity contribution in [2.45, 2.75) is 11.4 Å². The minimum absolute atomic E-state index is 0.0891. The summed E-state index contributed by atoms with van der Waals surface area (Å²) in [5, 5.41) is -5.11. The molecular formula is C12H11F2O7S-. The molecule has 7 nitrogen and oxygen atoms in total. The fraction of sp³-hybridized carbons (Fsp3) is 0.417. The molecule has 10 heteroatoms. The average Bonchev–Trinajstić information content (AvgIpc) is 3.27. The Morgan fingerprint density at radius 3 is 2.41 bits per heavy atom. The van der Waals surface area contributed by atoms with Crippen LogP contribution in [0.5, 0.6) is 5.75 Å². The highest BCUT2D eigenvalue weighted by atomic mass is 32.2. The summed E-state index contributed by atoms with van der Waals surface area (Å²) in [5.41, 5.74) is 0.971. The van der Waals surface area contributed by atoms with Gasteiger partial charge < -0.3 is 18.8 Å². The molecule has 0 radical (unpaired) electrons. The third-order valence-electron chi connectivity index (χ3n) is 2.72. The molecule has 2 rings (SSSR count). The lowest BCUT2D eigenvalue weighted by molar-refractivity contribution is -0.162. The molecule has 0 bridgehead atoms. The lowest BCUT2D eigenvalue weighted by Crippen LogP contribution is -2.39. The summed E-state index contributed by atoms with van der Waals surface area (Å²) in [6, 6.07) is 6.76. The van der Waals surface area contributed by atoms with E-state index in [9.17, 15) is 26.5 Å². The largest absolute Gasteiger partial charge is 0.743 e. The van der Waals surface area contributed by atoms with Crippen molar-refractivity contribution >= 4 is 16.1 Å². The second kappa shape index (κ2) is 6.15. The maximum atomic E-state index is 12.8. The van der Waals surface area contributed by atoms with Gasteiger partial charge in [0.15, 0.2) is 10.1 Å². The van der Waals surface area contributed by atoms with E-state index in [-0.39, 0.29) is 12.7 Å². The molecule has 22 heavy (non-hydrogen) atoms. The van der Waals surface area contributed by atoms with Crippen molar-refractivity contribution in [2.75, 3.05) is 19.8 Å². The van der Waals surface area contributed by atoms with Crippen molar-refractivity contribution in [1.82, 2.24) is 0 Å². The van der Waals surface area contributed by atoms with E-state index in [0.29, 0.717) is 12.4 Å². The summed E-state index contributed by atoms with van der Waals surface area (Å²) < 4.78 is 70.3. The topological polar surface area (TPSA) is 105 Å². The first-order chi connectivity index (χ1) is 10.2. The number of alkyl halides is 2. The highest BCUT2D eigenvalue weighted by Gasteiger charge is 2.48. The summed E-state index contributed by atoms with van der Waals surface area (Å²) in [6.07, 6.45) is 0.0891. The van der Waals surface area contributed by atoms with Crippen LogP contribution in [0.2, 0.25) is 0 Å².